The van der Waals surface area contributed by atoms with Gasteiger partial charge in [0.15, 0.2) is 0 Å². The number of nitrogens with zero attached hydrogens (tertiary/aromatic N) is 1. The molecule has 4 rings (SSSR count). The van der Waals surface area contributed by atoms with Crippen molar-refractivity contribution in [3.63, 3.8) is 0 Å². The van der Waals surface area contributed by atoms with Gasteiger partial charge in [-0.05, 0) is 61.8 Å². The van der Waals surface area contributed by atoms with E-state index in [0.29, 0.717) is 12.8 Å². The lowest BCUT2D eigenvalue weighted by Gasteiger charge is -2.37. The van der Waals surface area contributed by atoms with E-state index in [1.54, 1.807) is 20.8 Å². The van der Waals surface area contributed by atoms with Crippen molar-refractivity contribution >= 4 is 18.2 Å². The Morgan fingerprint density at radius 2 is 1.60 bits per heavy atom. The minimum Gasteiger partial charge on any atom is -0.480 e. The number of carbonyl (C=O) groups is 3. The largest absolute Gasteiger partial charge is 0.480 e. The minimum atomic E-state index is -1.06. The molecule has 0 spiro atoms. The summed E-state index contributed by atoms with van der Waals surface area (Å²) in [4.78, 5) is 38.2. The monoisotopic (exact) mass is 480 g/mol. The van der Waals surface area contributed by atoms with Crippen molar-refractivity contribution < 1.29 is 29.0 Å². The number of hydrogen-bond donors (Lipinski definition) is 2. The lowest BCUT2D eigenvalue weighted by Crippen LogP contribution is -2.52. The van der Waals surface area contributed by atoms with Crippen molar-refractivity contribution in [1.29, 1.82) is 0 Å². The molecule has 0 bridgehead atoms. The van der Waals surface area contributed by atoms with Crippen LogP contribution < -0.4 is 5.32 Å². The van der Waals surface area contributed by atoms with E-state index >= 15 is 0 Å². The molecule has 2 aliphatic rings. The van der Waals surface area contributed by atoms with Crippen LogP contribution in [0.15, 0.2) is 48.5 Å². The number of aliphatic carboxylic acids is 1. The van der Waals surface area contributed by atoms with Gasteiger partial charge in [0.25, 0.3) is 0 Å². The van der Waals surface area contributed by atoms with Gasteiger partial charge in [-0.15, -0.1) is 0 Å². The van der Waals surface area contributed by atoms with Crippen molar-refractivity contribution in [1.82, 2.24) is 10.2 Å². The molecule has 1 heterocycles. The molecule has 2 aromatic rings. The topological polar surface area (TPSA) is 105 Å². The number of fused-ring (bicyclic) bond motifs is 3. The van der Waals surface area contributed by atoms with E-state index < -0.39 is 29.8 Å². The Balaban J connectivity index is 1.41. The Labute approximate surface area is 205 Å². The molecular formula is C27H32N2O6. The molecule has 0 saturated carbocycles. The molecule has 2 amide bonds. The van der Waals surface area contributed by atoms with E-state index in [2.05, 4.69) is 17.4 Å². The third-order valence-electron chi connectivity index (χ3n) is 6.47. The third-order valence-corrected chi connectivity index (χ3v) is 6.47. The summed E-state index contributed by atoms with van der Waals surface area (Å²) >= 11 is 0. The SMILES string of the molecule is CC(C)(C)OC(=O)NC[C@H]1CC[C@H](C(=O)O)N(C(=O)OCC2c3ccccc3-c3ccccc32)C1. The second kappa shape index (κ2) is 9.98. The van der Waals surface area contributed by atoms with Crippen LogP contribution in [-0.2, 0) is 14.3 Å². The highest BCUT2D eigenvalue weighted by atomic mass is 16.6. The molecular weight excluding hydrogens is 448 g/mol. The van der Waals surface area contributed by atoms with Crippen LogP contribution in [0.4, 0.5) is 9.59 Å². The fourth-order valence-electron chi connectivity index (χ4n) is 4.89. The Morgan fingerprint density at radius 1 is 1.00 bits per heavy atom. The second-order valence-corrected chi connectivity index (χ2v) is 10.1. The first kappa shape index (κ1) is 24.6. The lowest BCUT2D eigenvalue weighted by atomic mass is 9.93. The Kier molecular flexibility index (Phi) is 7.00. The molecule has 8 heteroatoms. The summed E-state index contributed by atoms with van der Waals surface area (Å²) in [7, 11) is 0. The molecule has 0 aromatic heterocycles. The molecule has 8 nitrogen and oxygen atoms in total. The molecule has 1 aliphatic heterocycles. The smallest absolute Gasteiger partial charge is 0.410 e. The van der Waals surface area contributed by atoms with Gasteiger partial charge in [0.2, 0.25) is 0 Å². The Bertz CT molecular complexity index is 1060. The van der Waals surface area contributed by atoms with Gasteiger partial charge < -0.3 is 19.9 Å². The quantitative estimate of drug-likeness (QED) is 0.647. The van der Waals surface area contributed by atoms with Gasteiger partial charge in [-0.3, -0.25) is 4.90 Å². The highest BCUT2D eigenvalue weighted by Gasteiger charge is 2.38. The van der Waals surface area contributed by atoms with Gasteiger partial charge in [-0.1, -0.05) is 48.5 Å². The summed E-state index contributed by atoms with van der Waals surface area (Å²) in [5, 5.41) is 12.4. The molecule has 1 aliphatic carbocycles. The van der Waals surface area contributed by atoms with E-state index in [4.69, 9.17) is 9.47 Å². The molecule has 0 unspecified atom stereocenters. The number of benzene rings is 2. The zero-order valence-corrected chi connectivity index (χ0v) is 20.3. The molecule has 35 heavy (non-hydrogen) atoms. The van der Waals surface area contributed by atoms with Gasteiger partial charge >= 0.3 is 18.2 Å². The molecule has 1 saturated heterocycles. The van der Waals surface area contributed by atoms with Crippen molar-refractivity contribution in [3.8, 4) is 11.1 Å². The number of alkyl carbamates (subject to hydrolysis) is 1. The van der Waals surface area contributed by atoms with Crippen molar-refractivity contribution in [2.24, 2.45) is 5.92 Å². The average Bonchev–Trinajstić information content (AvgIpc) is 3.13. The van der Waals surface area contributed by atoms with E-state index in [1.165, 1.54) is 4.90 Å². The molecule has 2 N–H and O–H groups in total. The number of hydrogen-bond acceptors (Lipinski definition) is 5. The van der Waals surface area contributed by atoms with Crippen molar-refractivity contribution in [2.45, 2.75) is 51.2 Å². The van der Waals surface area contributed by atoms with Crippen LogP contribution in [0.1, 0.15) is 50.7 Å². The third kappa shape index (κ3) is 5.58. The first-order valence-corrected chi connectivity index (χ1v) is 12.0. The Hall–Kier alpha value is -3.55. The zero-order valence-electron chi connectivity index (χ0n) is 20.3. The van der Waals surface area contributed by atoms with E-state index in [1.807, 2.05) is 36.4 Å². The highest BCUT2D eigenvalue weighted by molar-refractivity contribution is 5.81. The minimum absolute atomic E-state index is 0.0985. The standard InChI is InChI=1S/C27H32N2O6/c1-27(2,3)35-25(32)28-14-17-12-13-23(24(30)31)29(15-17)26(33)34-16-22-20-10-6-4-8-18(20)19-9-5-7-11-21(19)22/h4-11,17,22-23H,12-16H2,1-3H3,(H,28,32)(H,30,31)/t17-,23-/m1/s1. The van der Waals surface area contributed by atoms with E-state index in [9.17, 15) is 19.5 Å². The number of nitrogens with one attached hydrogen (secondary N) is 1. The van der Waals surface area contributed by atoms with E-state index in [0.717, 1.165) is 22.3 Å². The average molecular weight is 481 g/mol. The van der Waals surface area contributed by atoms with Crippen molar-refractivity contribution in [3.05, 3.63) is 59.7 Å². The van der Waals surface area contributed by atoms with Crippen LogP contribution >= 0.6 is 0 Å². The first-order valence-electron chi connectivity index (χ1n) is 12.0. The molecule has 2 aromatic carbocycles. The number of carbonyl (C=O) groups excluding carboxylic acids is 2. The van der Waals surface area contributed by atoms with E-state index in [-0.39, 0.29) is 31.5 Å². The van der Waals surface area contributed by atoms with Crippen molar-refractivity contribution in [2.75, 3.05) is 19.7 Å². The van der Waals surface area contributed by atoms with Gasteiger partial charge in [-0.25, -0.2) is 14.4 Å². The molecule has 2 atom stereocenters. The number of amides is 2. The summed E-state index contributed by atoms with van der Waals surface area (Å²) in [6.45, 7) is 5.94. The van der Waals surface area contributed by atoms with Gasteiger partial charge in [-0.2, -0.15) is 0 Å². The van der Waals surface area contributed by atoms with Gasteiger partial charge in [0.1, 0.15) is 18.2 Å². The fourth-order valence-corrected chi connectivity index (χ4v) is 4.89. The fraction of sp³-hybridized carbons (Fsp3) is 0.444. The normalized spacial score (nSPS) is 19.5. The number of ether oxygens (including phenoxy) is 2. The van der Waals surface area contributed by atoms with Crippen LogP contribution in [0.25, 0.3) is 11.1 Å². The maximum Gasteiger partial charge on any atom is 0.410 e. The second-order valence-electron chi connectivity index (χ2n) is 10.1. The Morgan fingerprint density at radius 3 is 2.17 bits per heavy atom. The zero-order chi connectivity index (χ0) is 25.2. The predicted octanol–water partition coefficient (Wildman–Crippen LogP) is 4.63. The maximum absolute atomic E-state index is 13.1. The molecule has 1 fully saturated rings. The summed E-state index contributed by atoms with van der Waals surface area (Å²) < 4.78 is 11.0. The number of piperidine rings is 1. The lowest BCUT2D eigenvalue weighted by molar-refractivity contribution is -0.144. The number of carboxylic acid groups (broad SMARTS) is 1. The van der Waals surface area contributed by atoms with Crippen LogP contribution in [0.3, 0.4) is 0 Å². The number of carboxylic acids is 1. The summed E-state index contributed by atoms with van der Waals surface area (Å²) in [5.41, 5.74) is 3.82. The van der Waals surface area contributed by atoms with Crippen LogP contribution in [0, 0.1) is 5.92 Å². The van der Waals surface area contributed by atoms with Gasteiger partial charge in [0, 0.05) is 19.0 Å². The predicted molar refractivity (Wildman–Crippen MR) is 130 cm³/mol. The highest BCUT2D eigenvalue weighted by Crippen LogP contribution is 2.44. The van der Waals surface area contributed by atoms with Crippen LogP contribution in [0.2, 0.25) is 0 Å². The molecule has 0 radical (unpaired) electrons. The molecule has 186 valence electrons. The summed E-state index contributed by atoms with van der Waals surface area (Å²) in [6.07, 6.45) is -0.327. The summed E-state index contributed by atoms with van der Waals surface area (Å²) in [6, 6.07) is 15.1. The first-order chi connectivity index (χ1) is 16.6. The number of likely N-dealkylation sites (tertiary alicyclic amines) is 1. The maximum atomic E-state index is 13.1. The van der Waals surface area contributed by atoms with Crippen LogP contribution in [-0.4, -0.2) is 59.5 Å². The van der Waals surface area contributed by atoms with Gasteiger partial charge in [0.05, 0.1) is 0 Å². The van der Waals surface area contributed by atoms with Crippen LogP contribution in [0.5, 0.6) is 0 Å². The summed E-state index contributed by atoms with van der Waals surface area (Å²) in [5.74, 6) is -1.26. The number of rotatable bonds is 5.